The molecule has 0 spiro atoms. The predicted molar refractivity (Wildman–Crippen MR) is 99.0 cm³/mol. The lowest BCUT2D eigenvalue weighted by atomic mass is 10.2. The number of hydrogen-bond acceptors (Lipinski definition) is 8. The van der Waals surface area contributed by atoms with Gasteiger partial charge >= 0.3 is 5.97 Å². The third-order valence-corrected chi connectivity index (χ3v) is 4.48. The molecule has 0 aromatic carbocycles. The van der Waals surface area contributed by atoms with Crippen LogP contribution < -0.4 is 10.9 Å². The van der Waals surface area contributed by atoms with Crippen LogP contribution in [0.15, 0.2) is 32.6 Å². The largest absolute Gasteiger partial charge is 0.452 e. The van der Waals surface area contributed by atoms with E-state index in [1.54, 1.807) is 38.4 Å². The van der Waals surface area contributed by atoms with Crippen molar-refractivity contribution in [2.45, 2.75) is 18.9 Å². The van der Waals surface area contributed by atoms with Crippen molar-refractivity contribution in [2.75, 3.05) is 18.2 Å². The predicted octanol–water partition coefficient (Wildman–Crippen LogP) is 2.05. The number of anilines is 1. The Balaban J connectivity index is 1.74. The van der Waals surface area contributed by atoms with E-state index in [-0.39, 0.29) is 16.8 Å². The van der Waals surface area contributed by atoms with Crippen molar-refractivity contribution in [1.29, 1.82) is 0 Å². The molecule has 3 aromatic heterocycles. The number of furan rings is 1. The van der Waals surface area contributed by atoms with Gasteiger partial charge in [0.15, 0.2) is 6.61 Å². The average molecular weight is 388 g/mol. The maximum atomic E-state index is 12.2. The van der Waals surface area contributed by atoms with Gasteiger partial charge in [-0.2, -0.15) is 5.10 Å². The molecule has 0 unspecified atom stereocenters. The number of hydrogen-bond donors (Lipinski definition) is 2. The van der Waals surface area contributed by atoms with Crippen LogP contribution in [0.4, 0.5) is 5.88 Å². The molecule has 0 radical (unpaired) electrons. The third-order valence-electron chi connectivity index (χ3n) is 3.77. The van der Waals surface area contributed by atoms with E-state index >= 15 is 0 Å². The van der Waals surface area contributed by atoms with Crippen LogP contribution in [0.2, 0.25) is 0 Å². The molecule has 0 aliphatic carbocycles. The van der Waals surface area contributed by atoms with Crippen LogP contribution in [0.3, 0.4) is 0 Å². The molecule has 3 aromatic rings. The van der Waals surface area contributed by atoms with Crippen LogP contribution in [0.1, 0.15) is 21.8 Å². The van der Waals surface area contributed by atoms with Gasteiger partial charge in [0.2, 0.25) is 5.88 Å². The second kappa shape index (κ2) is 7.62. The van der Waals surface area contributed by atoms with Gasteiger partial charge in [0, 0.05) is 6.20 Å². The minimum absolute atomic E-state index is 0.0125. The molecule has 140 valence electrons. The van der Waals surface area contributed by atoms with Gasteiger partial charge in [-0.05, 0) is 32.2 Å². The first-order valence-electron chi connectivity index (χ1n) is 7.86. The zero-order valence-corrected chi connectivity index (χ0v) is 15.6. The van der Waals surface area contributed by atoms with Gasteiger partial charge < -0.3 is 9.15 Å². The van der Waals surface area contributed by atoms with E-state index < -0.39 is 24.0 Å². The number of ether oxygens (including phenoxy) is 1. The van der Waals surface area contributed by atoms with Gasteiger partial charge in [0.25, 0.3) is 11.5 Å². The number of nitrogens with one attached hydrogen (secondary N) is 2. The molecule has 0 saturated heterocycles. The fraction of sp³-hybridized carbons (Fsp3) is 0.235. The Morgan fingerprint density at radius 3 is 2.85 bits per heavy atom. The summed E-state index contributed by atoms with van der Waals surface area (Å²) in [5, 5.41) is 9.91. The van der Waals surface area contributed by atoms with E-state index in [9.17, 15) is 14.4 Å². The summed E-state index contributed by atoms with van der Waals surface area (Å²) in [4.78, 5) is 40.4. The second-order valence-electron chi connectivity index (χ2n) is 5.56. The zero-order chi connectivity index (χ0) is 19.6. The van der Waals surface area contributed by atoms with Gasteiger partial charge in [-0.1, -0.05) is 0 Å². The molecular weight excluding hydrogens is 372 g/mol. The van der Waals surface area contributed by atoms with E-state index in [4.69, 9.17) is 9.15 Å². The monoisotopic (exact) mass is 388 g/mol. The number of esters is 1. The molecular formula is C17H16N4O5S. The number of nitrogens with zero attached hydrogens (tertiary/aromatic N) is 2. The van der Waals surface area contributed by atoms with Crippen LogP contribution in [0.5, 0.6) is 0 Å². The molecule has 0 aliphatic heterocycles. The van der Waals surface area contributed by atoms with Gasteiger partial charge in [0.1, 0.15) is 16.2 Å². The molecule has 2 N–H and O–H groups in total. The van der Waals surface area contributed by atoms with Crippen molar-refractivity contribution in [3.05, 3.63) is 45.7 Å². The summed E-state index contributed by atoms with van der Waals surface area (Å²) in [6, 6.07) is 3.18. The Morgan fingerprint density at radius 2 is 2.11 bits per heavy atom. The average Bonchev–Trinajstić information content (AvgIpc) is 2.99. The first-order chi connectivity index (χ1) is 12.9. The molecule has 10 heteroatoms. The highest BCUT2D eigenvalue weighted by Crippen LogP contribution is 2.28. The molecule has 0 bridgehead atoms. The molecule has 0 fully saturated rings. The molecule has 3 heterocycles. The number of thioether (sulfide) groups is 1. The summed E-state index contributed by atoms with van der Waals surface area (Å²) in [6.45, 7) is 2.84. The standard InChI is InChI=1S/C17H16N4O5S/c1-8-12-9(2)26-15(13(12)14(23)21-20-8)19-11(22)7-25-17(24)10-5-4-6-18-16(10)27-3/h4-6H,7H2,1-3H3,(H,19,22)(H,21,23). The molecule has 0 saturated carbocycles. The van der Waals surface area contributed by atoms with Crippen LogP contribution >= 0.6 is 11.8 Å². The Kier molecular flexibility index (Phi) is 5.26. The Morgan fingerprint density at radius 1 is 1.33 bits per heavy atom. The zero-order valence-electron chi connectivity index (χ0n) is 14.8. The Bertz CT molecular complexity index is 1090. The highest BCUT2D eigenvalue weighted by Gasteiger charge is 2.20. The van der Waals surface area contributed by atoms with Crippen LogP contribution in [0.25, 0.3) is 10.8 Å². The summed E-state index contributed by atoms with van der Waals surface area (Å²) in [7, 11) is 0. The number of carbonyl (C=O) groups is 2. The van der Waals surface area contributed by atoms with Gasteiger partial charge in [-0.25, -0.2) is 14.9 Å². The lowest BCUT2D eigenvalue weighted by Crippen LogP contribution is -2.22. The smallest absolute Gasteiger partial charge is 0.341 e. The molecule has 3 rings (SSSR count). The van der Waals surface area contributed by atoms with Crippen molar-refractivity contribution >= 4 is 40.3 Å². The van der Waals surface area contributed by atoms with Crippen LogP contribution in [0, 0.1) is 13.8 Å². The number of aromatic amines is 1. The second-order valence-corrected chi connectivity index (χ2v) is 6.36. The minimum atomic E-state index is -0.666. The van der Waals surface area contributed by atoms with Gasteiger partial charge in [-0.15, -0.1) is 11.8 Å². The van der Waals surface area contributed by atoms with E-state index in [0.29, 0.717) is 21.9 Å². The Labute approximate surface area is 157 Å². The molecule has 9 nitrogen and oxygen atoms in total. The van der Waals surface area contributed by atoms with Crippen molar-refractivity contribution < 1.29 is 18.7 Å². The lowest BCUT2D eigenvalue weighted by molar-refractivity contribution is -0.119. The lowest BCUT2D eigenvalue weighted by Gasteiger charge is -2.07. The number of aryl methyl sites for hydroxylation is 2. The first-order valence-corrected chi connectivity index (χ1v) is 9.09. The normalized spacial score (nSPS) is 10.8. The maximum absolute atomic E-state index is 12.2. The van der Waals surface area contributed by atoms with Crippen LogP contribution in [-0.2, 0) is 9.53 Å². The van der Waals surface area contributed by atoms with Crippen molar-refractivity contribution in [3.63, 3.8) is 0 Å². The summed E-state index contributed by atoms with van der Waals surface area (Å²) in [6.07, 6.45) is 3.35. The van der Waals surface area contributed by atoms with Crippen molar-refractivity contribution in [2.24, 2.45) is 0 Å². The summed E-state index contributed by atoms with van der Waals surface area (Å²) < 4.78 is 10.5. The van der Waals surface area contributed by atoms with Crippen molar-refractivity contribution in [1.82, 2.24) is 15.2 Å². The third kappa shape index (κ3) is 3.70. The van der Waals surface area contributed by atoms with E-state index in [0.717, 1.165) is 0 Å². The number of rotatable bonds is 5. The topological polar surface area (TPSA) is 127 Å². The number of amides is 1. The minimum Gasteiger partial charge on any atom is -0.452 e. The molecule has 1 amide bonds. The number of carbonyl (C=O) groups excluding carboxylic acids is 2. The van der Waals surface area contributed by atoms with Crippen LogP contribution in [-0.4, -0.2) is 39.9 Å². The van der Waals surface area contributed by atoms with E-state index in [1.165, 1.54) is 11.8 Å². The highest BCUT2D eigenvalue weighted by atomic mass is 32.2. The summed E-state index contributed by atoms with van der Waals surface area (Å²) in [5.74, 6) is -0.863. The quantitative estimate of drug-likeness (QED) is 0.502. The summed E-state index contributed by atoms with van der Waals surface area (Å²) in [5.41, 5.74) is 0.355. The number of aromatic nitrogens is 3. The maximum Gasteiger partial charge on any atom is 0.341 e. The fourth-order valence-corrected chi connectivity index (χ4v) is 3.15. The fourth-order valence-electron chi connectivity index (χ4n) is 2.61. The number of pyridine rings is 1. The molecule has 27 heavy (non-hydrogen) atoms. The van der Waals surface area contributed by atoms with E-state index in [1.807, 2.05) is 0 Å². The highest BCUT2D eigenvalue weighted by molar-refractivity contribution is 7.98. The van der Waals surface area contributed by atoms with Crippen molar-refractivity contribution in [3.8, 4) is 0 Å². The number of fused-ring (bicyclic) bond motifs is 1. The SMILES string of the molecule is CSc1ncccc1C(=O)OCC(=O)Nc1oc(C)c2c(C)n[nH]c(=O)c12. The molecule has 0 atom stereocenters. The molecule has 0 aliphatic rings. The number of H-pyrrole nitrogens is 1. The summed E-state index contributed by atoms with van der Waals surface area (Å²) >= 11 is 1.30. The van der Waals surface area contributed by atoms with Gasteiger partial charge in [-0.3, -0.25) is 14.9 Å². The first kappa shape index (κ1) is 18.6. The Hall–Kier alpha value is -3.14. The van der Waals surface area contributed by atoms with E-state index in [2.05, 4.69) is 20.5 Å². The van der Waals surface area contributed by atoms with Gasteiger partial charge in [0.05, 0.1) is 16.6 Å².